The molecule has 6 heteroatoms. The van der Waals surface area contributed by atoms with Gasteiger partial charge in [0, 0.05) is 25.8 Å². The first-order valence-electron chi connectivity index (χ1n) is 6.75. The van der Waals surface area contributed by atoms with Crippen molar-refractivity contribution >= 4 is 15.9 Å². The number of nitrogens with zero attached hydrogens (tertiary/aromatic N) is 3. The molecule has 1 unspecified atom stereocenters. The molecule has 0 saturated carbocycles. The van der Waals surface area contributed by atoms with Gasteiger partial charge in [-0.15, -0.1) is 0 Å². The predicted octanol–water partition coefficient (Wildman–Crippen LogP) is 2.02. The Morgan fingerprint density at radius 3 is 2.89 bits per heavy atom. The van der Waals surface area contributed by atoms with Crippen molar-refractivity contribution < 1.29 is 4.74 Å². The van der Waals surface area contributed by atoms with Crippen molar-refractivity contribution in [3.8, 4) is 0 Å². The van der Waals surface area contributed by atoms with Crippen molar-refractivity contribution in [1.29, 1.82) is 0 Å². The lowest BCUT2D eigenvalue weighted by Gasteiger charge is -2.17. The van der Waals surface area contributed by atoms with Crippen molar-refractivity contribution in [2.24, 2.45) is 5.73 Å². The fourth-order valence-electron chi connectivity index (χ4n) is 1.90. The van der Waals surface area contributed by atoms with Crippen LogP contribution in [0.5, 0.6) is 0 Å². The van der Waals surface area contributed by atoms with Gasteiger partial charge < -0.3 is 15.4 Å². The Bertz CT molecular complexity index is 368. The Morgan fingerprint density at radius 1 is 1.53 bits per heavy atom. The van der Waals surface area contributed by atoms with Gasteiger partial charge in [-0.25, -0.2) is 0 Å². The average molecular weight is 333 g/mol. The molecule has 0 saturated heterocycles. The molecular weight excluding hydrogens is 308 g/mol. The Hall–Kier alpha value is -0.430. The highest BCUT2D eigenvalue weighted by Gasteiger charge is 2.16. The van der Waals surface area contributed by atoms with Gasteiger partial charge in [0.15, 0.2) is 0 Å². The number of halogens is 1. The van der Waals surface area contributed by atoms with Gasteiger partial charge in [-0.05, 0) is 49.8 Å². The van der Waals surface area contributed by atoms with Crippen LogP contribution in [0.4, 0.5) is 0 Å². The summed E-state index contributed by atoms with van der Waals surface area (Å²) in [5.74, 6) is 0. The SMILES string of the molecule is CCOCCCC(N)c1c(Br)cnn1CCN(C)C. The molecule has 0 fully saturated rings. The zero-order valence-corrected chi connectivity index (χ0v) is 13.7. The van der Waals surface area contributed by atoms with Crippen LogP contribution >= 0.6 is 15.9 Å². The van der Waals surface area contributed by atoms with E-state index < -0.39 is 0 Å². The summed E-state index contributed by atoms with van der Waals surface area (Å²) in [7, 11) is 4.11. The summed E-state index contributed by atoms with van der Waals surface area (Å²) in [6.07, 6.45) is 3.71. The number of hydrogen-bond acceptors (Lipinski definition) is 4. The summed E-state index contributed by atoms with van der Waals surface area (Å²) in [6, 6.07) is -0.000469. The van der Waals surface area contributed by atoms with Crippen LogP contribution < -0.4 is 5.73 Å². The number of aromatic nitrogens is 2. The smallest absolute Gasteiger partial charge is 0.0694 e. The molecule has 0 aliphatic heterocycles. The predicted molar refractivity (Wildman–Crippen MR) is 81.1 cm³/mol. The first-order chi connectivity index (χ1) is 9.06. The van der Waals surface area contributed by atoms with Gasteiger partial charge in [0.1, 0.15) is 0 Å². The molecule has 1 atom stereocenters. The number of nitrogens with two attached hydrogens (primary N) is 1. The fourth-order valence-corrected chi connectivity index (χ4v) is 2.49. The van der Waals surface area contributed by atoms with Gasteiger partial charge in [-0.2, -0.15) is 5.10 Å². The first-order valence-corrected chi connectivity index (χ1v) is 7.54. The molecular formula is C13H25BrN4O. The van der Waals surface area contributed by atoms with Gasteiger partial charge in [0.2, 0.25) is 0 Å². The summed E-state index contributed by atoms with van der Waals surface area (Å²) in [4.78, 5) is 2.14. The summed E-state index contributed by atoms with van der Waals surface area (Å²) in [5.41, 5.74) is 7.35. The molecule has 0 aliphatic rings. The van der Waals surface area contributed by atoms with E-state index in [1.54, 1.807) is 0 Å². The molecule has 1 heterocycles. The lowest BCUT2D eigenvalue weighted by molar-refractivity contribution is 0.141. The van der Waals surface area contributed by atoms with Gasteiger partial charge >= 0.3 is 0 Å². The molecule has 0 aromatic carbocycles. The van der Waals surface area contributed by atoms with Crippen LogP contribution in [0.25, 0.3) is 0 Å². The van der Waals surface area contributed by atoms with E-state index in [0.717, 1.165) is 49.3 Å². The van der Waals surface area contributed by atoms with Crippen LogP contribution in [0.3, 0.4) is 0 Å². The second kappa shape index (κ2) is 8.68. The van der Waals surface area contributed by atoms with Crippen molar-refractivity contribution in [2.75, 3.05) is 33.9 Å². The highest BCUT2D eigenvalue weighted by atomic mass is 79.9. The maximum absolute atomic E-state index is 6.27. The lowest BCUT2D eigenvalue weighted by Crippen LogP contribution is -2.23. The highest BCUT2D eigenvalue weighted by molar-refractivity contribution is 9.10. The Morgan fingerprint density at radius 2 is 2.26 bits per heavy atom. The molecule has 1 rings (SSSR count). The summed E-state index contributed by atoms with van der Waals surface area (Å²) in [5, 5.41) is 4.39. The molecule has 0 spiro atoms. The molecule has 1 aromatic heterocycles. The number of hydrogen-bond donors (Lipinski definition) is 1. The van der Waals surface area contributed by atoms with Gasteiger partial charge in [-0.1, -0.05) is 0 Å². The molecule has 1 aromatic rings. The number of likely N-dealkylation sites (N-methyl/N-ethyl adjacent to an activating group) is 1. The molecule has 2 N–H and O–H groups in total. The zero-order chi connectivity index (χ0) is 14.3. The molecule has 0 amide bonds. The van der Waals surface area contributed by atoms with Gasteiger partial charge in [-0.3, -0.25) is 4.68 Å². The van der Waals surface area contributed by atoms with Crippen molar-refractivity contribution in [2.45, 2.75) is 32.4 Å². The fraction of sp³-hybridized carbons (Fsp3) is 0.769. The number of rotatable bonds is 9. The third-order valence-corrected chi connectivity index (χ3v) is 3.56. The Kier molecular flexibility index (Phi) is 7.60. The van der Waals surface area contributed by atoms with Crippen LogP contribution in [0, 0.1) is 0 Å². The van der Waals surface area contributed by atoms with E-state index >= 15 is 0 Å². The normalized spacial score (nSPS) is 13.2. The molecule has 110 valence electrons. The van der Waals surface area contributed by atoms with Gasteiger partial charge in [0.25, 0.3) is 0 Å². The van der Waals surface area contributed by atoms with Crippen LogP contribution in [-0.2, 0) is 11.3 Å². The maximum atomic E-state index is 6.27. The molecule has 19 heavy (non-hydrogen) atoms. The van der Waals surface area contributed by atoms with Crippen molar-refractivity contribution in [3.05, 3.63) is 16.4 Å². The van der Waals surface area contributed by atoms with Crippen molar-refractivity contribution in [1.82, 2.24) is 14.7 Å². The quantitative estimate of drug-likeness (QED) is 0.703. The van der Waals surface area contributed by atoms with Crippen LogP contribution in [0.15, 0.2) is 10.7 Å². The van der Waals surface area contributed by atoms with Crippen LogP contribution in [0.1, 0.15) is 31.5 Å². The largest absolute Gasteiger partial charge is 0.382 e. The summed E-state index contributed by atoms with van der Waals surface area (Å²) >= 11 is 3.54. The van der Waals surface area contributed by atoms with E-state index in [4.69, 9.17) is 10.5 Å². The minimum Gasteiger partial charge on any atom is -0.382 e. The van der Waals surface area contributed by atoms with E-state index in [-0.39, 0.29) is 6.04 Å². The third kappa shape index (κ3) is 5.60. The Balaban J connectivity index is 2.56. The first kappa shape index (κ1) is 16.6. The molecule has 0 bridgehead atoms. The lowest BCUT2D eigenvalue weighted by atomic mass is 10.1. The average Bonchev–Trinajstić information content (AvgIpc) is 2.73. The Labute approximate surface area is 124 Å². The topological polar surface area (TPSA) is 56.3 Å². The summed E-state index contributed by atoms with van der Waals surface area (Å²) in [6.45, 7) is 5.35. The maximum Gasteiger partial charge on any atom is 0.0694 e. The molecule has 5 nitrogen and oxygen atoms in total. The van der Waals surface area contributed by atoms with E-state index in [2.05, 4.69) is 40.0 Å². The third-order valence-electron chi connectivity index (χ3n) is 2.95. The van der Waals surface area contributed by atoms with E-state index in [0.29, 0.717) is 0 Å². The minimum atomic E-state index is -0.000469. The number of ether oxygens (including phenoxy) is 1. The minimum absolute atomic E-state index is 0.000469. The van der Waals surface area contributed by atoms with Crippen LogP contribution in [-0.4, -0.2) is 48.5 Å². The highest BCUT2D eigenvalue weighted by Crippen LogP contribution is 2.24. The second-order valence-electron chi connectivity index (χ2n) is 4.85. The zero-order valence-electron chi connectivity index (χ0n) is 12.1. The van der Waals surface area contributed by atoms with Crippen LogP contribution in [0.2, 0.25) is 0 Å². The second-order valence-corrected chi connectivity index (χ2v) is 5.70. The molecule has 0 aliphatic carbocycles. The standard InChI is InChI=1S/C13H25BrN4O/c1-4-19-9-5-6-12(15)13-11(14)10-16-18(13)8-7-17(2)3/h10,12H,4-9,15H2,1-3H3. The van der Waals surface area contributed by atoms with Gasteiger partial charge in [0.05, 0.1) is 22.9 Å². The van der Waals surface area contributed by atoms with E-state index in [1.165, 1.54) is 0 Å². The van der Waals surface area contributed by atoms with E-state index in [9.17, 15) is 0 Å². The van der Waals surface area contributed by atoms with Crippen molar-refractivity contribution in [3.63, 3.8) is 0 Å². The summed E-state index contributed by atoms with van der Waals surface area (Å²) < 4.78 is 8.34. The monoisotopic (exact) mass is 332 g/mol. The van der Waals surface area contributed by atoms with E-state index in [1.807, 2.05) is 17.8 Å². The molecule has 0 radical (unpaired) electrons.